The molecule has 0 atom stereocenters. The quantitative estimate of drug-likeness (QED) is 0.326. The summed E-state index contributed by atoms with van der Waals surface area (Å²) in [7, 11) is 1.63. The number of benzene rings is 2. The normalized spacial score (nSPS) is 11.1. The molecule has 30 heavy (non-hydrogen) atoms. The lowest BCUT2D eigenvalue weighted by atomic mass is 10.1. The molecule has 0 fully saturated rings. The summed E-state index contributed by atoms with van der Waals surface area (Å²) in [6.45, 7) is 2.46. The highest BCUT2D eigenvalue weighted by Gasteiger charge is 2.19. The van der Waals surface area contributed by atoms with Crippen LogP contribution in [0.3, 0.4) is 0 Å². The van der Waals surface area contributed by atoms with Crippen LogP contribution in [0.5, 0.6) is 17.2 Å². The van der Waals surface area contributed by atoms with E-state index in [2.05, 4.69) is 20.5 Å². The number of hydrogen-bond donors (Lipinski definition) is 2. The number of methoxy groups -OCH3 is 1. The van der Waals surface area contributed by atoms with Crippen molar-refractivity contribution in [2.75, 3.05) is 19.1 Å². The van der Waals surface area contributed by atoms with Gasteiger partial charge >= 0.3 is 0 Å². The van der Waals surface area contributed by atoms with Crippen LogP contribution >= 0.6 is 11.3 Å². The summed E-state index contributed by atoms with van der Waals surface area (Å²) >= 11 is 1.39. The van der Waals surface area contributed by atoms with Gasteiger partial charge in [0.15, 0.2) is 11.6 Å². The molecule has 2 heterocycles. The van der Waals surface area contributed by atoms with E-state index in [1.54, 1.807) is 13.3 Å². The van der Waals surface area contributed by atoms with Crippen LogP contribution in [0.25, 0.3) is 20.7 Å². The van der Waals surface area contributed by atoms with Crippen molar-refractivity contribution in [3.8, 4) is 27.7 Å². The number of hydrogen-bond acceptors (Lipinski definition) is 8. The number of rotatable bonds is 7. The molecule has 4 rings (SSSR count). The Kier molecular flexibility index (Phi) is 5.76. The summed E-state index contributed by atoms with van der Waals surface area (Å²) in [5.41, 5.74) is 5.15. The van der Waals surface area contributed by atoms with Crippen LogP contribution < -0.4 is 14.9 Å². The fourth-order valence-electron chi connectivity index (χ4n) is 2.95. The number of para-hydroxylation sites is 1. The van der Waals surface area contributed by atoms with Gasteiger partial charge in [0.2, 0.25) is 0 Å². The van der Waals surface area contributed by atoms with Crippen LogP contribution in [-0.4, -0.2) is 35.0 Å². The summed E-state index contributed by atoms with van der Waals surface area (Å²) in [6, 6.07) is 15.1. The maximum atomic E-state index is 10.8. The molecule has 0 spiro atoms. The molecule has 0 aliphatic heterocycles. The first-order chi connectivity index (χ1) is 14.7. The fraction of sp³-hybridized carbons (Fsp3) is 0.136. The summed E-state index contributed by atoms with van der Waals surface area (Å²) < 4.78 is 11.6. The molecule has 0 radical (unpaired) electrons. The lowest BCUT2D eigenvalue weighted by Crippen LogP contribution is -1.94. The van der Waals surface area contributed by atoms with Gasteiger partial charge in [0, 0.05) is 5.56 Å². The molecule has 0 saturated carbocycles. The van der Waals surface area contributed by atoms with E-state index in [1.165, 1.54) is 17.7 Å². The first-order valence-corrected chi connectivity index (χ1v) is 10.1. The van der Waals surface area contributed by atoms with Crippen LogP contribution in [0.4, 0.5) is 5.82 Å². The number of anilines is 1. The number of thiophene rings is 1. The zero-order valence-electron chi connectivity index (χ0n) is 16.5. The van der Waals surface area contributed by atoms with Crippen LogP contribution in [-0.2, 0) is 0 Å². The molecule has 0 bridgehead atoms. The average molecular weight is 420 g/mol. The highest BCUT2D eigenvalue weighted by atomic mass is 32.1. The molecule has 0 unspecified atom stereocenters. The summed E-state index contributed by atoms with van der Waals surface area (Å²) in [5.74, 6) is 2.12. The highest BCUT2D eigenvalue weighted by Crippen LogP contribution is 2.47. The van der Waals surface area contributed by atoms with Crippen molar-refractivity contribution >= 4 is 33.6 Å². The highest BCUT2D eigenvalue weighted by molar-refractivity contribution is 7.23. The Bertz CT molecular complexity index is 1190. The van der Waals surface area contributed by atoms with Crippen molar-refractivity contribution < 1.29 is 14.6 Å². The Hall–Kier alpha value is -3.65. The minimum atomic E-state index is 0.103. The fourth-order valence-corrected chi connectivity index (χ4v) is 4.07. The Balaban J connectivity index is 1.66. The average Bonchev–Trinajstić information content (AvgIpc) is 3.12. The lowest BCUT2D eigenvalue weighted by Gasteiger charge is -2.08. The number of nitrogens with one attached hydrogen (secondary N) is 1. The number of ether oxygens (including phenoxy) is 2. The number of hydrazone groups is 1. The molecule has 0 saturated heterocycles. The minimum Gasteiger partial charge on any atom is -0.504 e. The van der Waals surface area contributed by atoms with Gasteiger partial charge in [0.25, 0.3) is 0 Å². The molecular weight excluding hydrogens is 400 g/mol. The zero-order valence-corrected chi connectivity index (χ0v) is 17.3. The Morgan fingerprint density at radius 1 is 1.13 bits per heavy atom. The Morgan fingerprint density at radius 3 is 2.70 bits per heavy atom. The van der Waals surface area contributed by atoms with E-state index in [-0.39, 0.29) is 5.75 Å². The van der Waals surface area contributed by atoms with Gasteiger partial charge in [-0.2, -0.15) is 5.10 Å². The minimum absolute atomic E-state index is 0.103. The number of aromatic hydroxyl groups is 1. The standard InChI is InChI=1S/C22H20N4O3S/c1-3-29-17-7-5-4-6-16(17)20-19(27)18-21(30-20)22(24-13-23-18)26-25-12-14-8-10-15(28-2)11-9-14/h4-13,27H,3H2,1-2H3,(H,23,24,26). The summed E-state index contributed by atoms with van der Waals surface area (Å²) in [4.78, 5) is 9.21. The number of aromatic nitrogens is 2. The molecule has 2 aromatic carbocycles. The molecule has 7 nitrogen and oxygen atoms in total. The predicted octanol–water partition coefficient (Wildman–Crippen LogP) is 4.92. The third kappa shape index (κ3) is 3.90. The van der Waals surface area contributed by atoms with E-state index < -0.39 is 0 Å². The second kappa shape index (κ2) is 8.79. The molecule has 2 N–H and O–H groups in total. The Labute approximate surface area is 177 Å². The molecule has 8 heteroatoms. The van der Waals surface area contributed by atoms with Crippen molar-refractivity contribution in [3.05, 3.63) is 60.4 Å². The maximum Gasteiger partial charge on any atom is 0.167 e. The largest absolute Gasteiger partial charge is 0.504 e. The van der Waals surface area contributed by atoms with E-state index >= 15 is 0 Å². The van der Waals surface area contributed by atoms with Gasteiger partial charge in [-0.05, 0) is 48.9 Å². The van der Waals surface area contributed by atoms with Crippen LogP contribution in [0, 0.1) is 0 Å². The van der Waals surface area contributed by atoms with Crippen LogP contribution in [0.1, 0.15) is 12.5 Å². The zero-order chi connectivity index (χ0) is 20.9. The second-order valence-corrected chi connectivity index (χ2v) is 7.27. The monoisotopic (exact) mass is 420 g/mol. The molecule has 0 aliphatic carbocycles. The summed E-state index contributed by atoms with van der Waals surface area (Å²) in [5, 5.41) is 15.1. The molecule has 152 valence electrons. The SMILES string of the molecule is CCOc1ccccc1-c1sc2c(NN=Cc3ccc(OC)cc3)ncnc2c1O. The molecule has 4 aromatic rings. The van der Waals surface area contributed by atoms with Gasteiger partial charge in [-0.15, -0.1) is 11.3 Å². The van der Waals surface area contributed by atoms with Crippen molar-refractivity contribution in [3.63, 3.8) is 0 Å². The van der Waals surface area contributed by atoms with Gasteiger partial charge < -0.3 is 14.6 Å². The topological polar surface area (TPSA) is 88.9 Å². The molecular formula is C22H20N4O3S. The van der Waals surface area contributed by atoms with E-state index in [9.17, 15) is 5.11 Å². The molecule has 2 aromatic heterocycles. The van der Waals surface area contributed by atoms with Crippen molar-refractivity contribution in [2.45, 2.75) is 6.92 Å². The second-order valence-electron chi connectivity index (χ2n) is 6.25. The summed E-state index contributed by atoms with van der Waals surface area (Å²) in [6.07, 6.45) is 3.09. The van der Waals surface area contributed by atoms with Gasteiger partial charge in [-0.1, -0.05) is 12.1 Å². The molecule has 0 amide bonds. The Morgan fingerprint density at radius 2 is 1.93 bits per heavy atom. The van der Waals surface area contributed by atoms with Crippen LogP contribution in [0.15, 0.2) is 60.0 Å². The molecule has 0 aliphatic rings. The first-order valence-electron chi connectivity index (χ1n) is 9.33. The first kappa shape index (κ1) is 19.7. The predicted molar refractivity (Wildman–Crippen MR) is 120 cm³/mol. The third-order valence-corrected chi connectivity index (χ3v) is 5.59. The van der Waals surface area contributed by atoms with Gasteiger partial charge in [0.05, 0.1) is 24.8 Å². The van der Waals surface area contributed by atoms with E-state index in [0.717, 1.165) is 16.9 Å². The van der Waals surface area contributed by atoms with E-state index in [0.29, 0.717) is 33.3 Å². The van der Waals surface area contributed by atoms with Gasteiger partial charge in [0.1, 0.15) is 28.0 Å². The maximum absolute atomic E-state index is 10.8. The number of nitrogens with zero attached hydrogens (tertiary/aromatic N) is 3. The van der Waals surface area contributed by atoms with E-state index in [4.69, 9.17) is 9.47 Å². The third-order valence-electron chi connectivity index (χ3n) is 4.38. The van der Waals surface area contributed by atoms with Gasteiger partial charge in [-0.25, -0.2) is 9.97 Å². The van der Waals surface area contributed by atoms with E-state index in [1.807, 2.05) is 55.5 Å². The van der Waals surface area contributed by atoms with Gasteiger partial charge in [-0.3, -0.25) is 5.43 Å². The number of fused-ring (bicyclic) bond motifs is 1. The smallest absolute Gasteiger partial charge is 0.167 e. The van der Waals surface area contributed by atoms with Crippen LogP contribution in [0.2, 0.25) is 0 Å². The van der Waals surface area contributed by atoms with Crippen molar-refractivity contribution in [1.29, 1.82) is 0 Å². The lowest BCUT2D eigenvalue weighted by molar-refractivity contribution is 0.341. The van der Waals surface area contributed by atoms with Crippen molar-refractivity contribution in [2.24, 2.45) is 5.10 Å². The van der Waals surface area contributed by atoms with Crippen molar-refractivity contribution in [1.82, 2.24) is 9.97 Å².